The van der Waals surface area contributed by atoms with Crippen LogP contribution < -0.4 is 16.1 Å². The summed E-state index contributed by atoms with van der Waals surface area (Å²) in [5.41, 5.74) is 9.95. The van der Waals surface area contributed by atoms with Crippen molar-refractivity contribution in [1.82, 2.24) is 0 Å². The molecule has 1 aliphatic carbocycles. The van der Waals surface area contributed by atoms with Crippen LogP contribution in [0.25, 0.3) is 0 Å². The molecule has 0 spiro atoms. The highest BCUT2D eigenvalue weighted by atomic mass is 16.2. The minimum Gasteiger partial charge on any atom is -0.368 e. The highest BCUT2D eigenvalue weighted by molar-refractivity contribution is 6.44. The molecule has 2 amide bonds. The van der Waals surface area contributed by atoms with Crippen LogP contribution in [0.15, 0.2) is 53.6 Å². The SMILES string of the molecule is NC(=O)[C@H]1CC(C(=O)Nc2cccc3c2CCCC3)=NN1c1ccccc1. The summed E-state index contributed by atoms with van der Waals surface area (Å²) in [6, 6.07) is 14.6. The first kappa shape index (κ1) is 17.3. The van der Waals surface area contributed by atoms with Crippen LogP contribution in [0.2, 0.25) is 0 Å². The Labute approximate surface area is 158 Å². The second kappa shape index (κ2) is 7.23. The molecule has 27 heavy (non-hydrogen) atoms. The number of anilines is 2. The first-order chi connectivity index (χ1) is 13.1. The van der Waals surface area contributed by atoms with Crippen LogP contribution in [-0.2, 0) is 22.4 Å². The average Bonchev–Trinajstić information content (AvgIpc) is 3.15. The van der Waals surface area contributed by atoms with E-state index in [-0.39, 0.29) is 12.3 Å². The Bertz CT molecular complexity index is 908. The molecule has 3 N–H and O–H groups in total. The number of hydrogen-bond donors (Lipinski definition) is 2. The highest BCUT2D eigenvalue weighted by Gasteiger charge is 2.35. The van der Waals surface area contributed by atoms with Crippen LogP contribution in [0, 0.1) is 0 Å². The quantitative estimate of drug-likeness (QED) is 0.876. The van der Waals surface area contributed by atoms with Gasteiger partial charge in [-0.1, -0.05) is 30.3 Å². The van der Waals surface area contributed by atoms with Crippen molar-refractivity contribution >= 4 is 28.9 Å². The molecule has 0 unspecified atom stereocenters. The van der Waals surface area contributed by atoms with E-state index in [0.29, 0.717) is 5.71 Å². The fourth-order valence-corrected chi connectivity index (χ4v) is 3.78. The fraction of sp³-hybridized carbons (Fsp3) is 0.286. The van der Waals surface area contributed by atoms with E-state index in [1.165, 1.54) is 22.6 Å². The zero-order chi connectivity index (χ0) is 18.8. The number of nitrogens with zero attached hydrogens (tertiary/aromatic N) is 2. The van der Waals surface area contributed by atoms with E-state index in [1.807, 2.05) is 42.5 Å². The van der Waals surface area contributed by atoms with E-state index >= 15 is 0 Å². The van der Waals surface area contributed by atoms with Crippen LogP contribution in [-0.4, -0.2) is 23.6 Å². The summed E-state index contributed by atoms with van der Waals surface area (Å²) >= 11 is 0. The van der Waals surface area contributed by atoms with Crippen LogP contribution >= 0.6 is 0 Å². The molecule has 6 nitrogen and oxygen atoms in total. The summed E-state index contributed by atoms with van der Waals surface area (Å²) < 4.78 is 0. The summed E-state index contributed by atoms with van der Waals surface area (Å²) in [7, 11) is 0. The number of hydrazone groups is 1. The largest absolute Gasteiger partial charge is 0.368 e. The number of benzene rings is 2. The molecule has 2 aromatic carbocycles. The summed E-state index contributed by atoms with van der Waals surface area (Å²) in [4.78, 5) is 24.7. The zero-order valence-corrected chi connectivity index (χ0v) is 15.0. The van der Waals surface area contributed by atoms with Gasteiger partial charge in [0, 0.05) is 12.1 Å². The predicted octanol–water partition coefficient (Wildman–Crippen LogP) is 2.62. The smallest absolute Gasteiger partial charge is 0.271 e. The number of aryl methyl sites for hydroxylation is 1. The Morgan fingerprint density at radius 2 is 1.81 bits per heavy atom. The number of carbonyl (C=O) groups excluding carboxylic acids is 2. The molecule has 6 heteroatoms. The van der Waals surface area contributed by atoms with Crippen molar-refractivity contribution < 1.29 is 9.59 Å². The molecule has 4 rings (SSSR count). The molecule has 2 aromatic rings. The van der Waals surface area contributed by atoms with E-state index in [1.54, 1.807) is 0 Å². The standard InChI is InChI=1S/C21H22N4O2/c22-20(26)19-13-18(24-25(19)15-9-2-1-3-10-15)21(27)23-17-12-6-8-14-7-4-5-11-16(14)17/h1-3,6,8-10,12,19H,4-5,7,11,13H2,(H2,22,26)(H,23,27)/t19-/m1/s1. The first-order valence-electron chi connectivity index (χ1n) is 9.26. The summed E-state index contributed by atoms with van der Waals surface area (Å²) in [6.07, 6.45) is 4.53. The maximum Gasteiger partial charge on any atom is 0.271 e. The normalized spacial score (nSPS) is 18.6. The van der Waals surface area contributed by atoms with Gasteiger partial charge in [-0.2, -0.15) is 5.10 Å². The molecular formula is C21H22N4O2. The van der Waals surface area contributed by atoms with Gasteiger partial charge in [-0.05, 0) is 55.0 Å². The van der Waals surface area contributed by atoms with Crippen molar-refractivity contribution in [3.05, 3.63) is 59.7 Å². The van der Waals surface area contributed by atoms with Crippen LogP contribution in [0.5, 0.6) is 0 Å². The number of para-hydroxylation sites is 1. The summed E-state index contributed by atoms with van der Waals surface area (Å²) in [5, 5.41) is 8.94. The van der Waals surface area contributed by atoms with E-state index in [0.717, 1.165) is 30.6 Å². The summed E-state index contributed by atoms with van der Waals surface area (Å²) in [6.45, 7) is 0. The number of primary amides is 1. The number of hydrogen-bond acceptors (Lipinski definition) is 4. The van der Waals surface area contributed by atoms with Crippen molar-refractivity contribution in [3.8, 4) is 0 Å². The van der Waals surface area contributed by atoms with Crippen molar-refractivity contribution in [2.45, 2.75) is 38.1 Å². The molecule has 0 aromatic heterocycles. The number of nitrogens with one attached hydrogen (secondary N) is 1. The van der Waals surface area contributed by atoms with Crippen LogP contribution in [0.1, 0.15) is 30.4 Å². The Morgan fingerprint density at radius 3 is 2.59 bits per heavy atom. The van der Waals surface area contributed by atoms with E-state index in [2.05, 4.69) is 16.5 Å². The van der Waals surface area contributed by atoms with Gasteiger partial charge in [-0.25, -0.2) is 0 Å². The van der Waals surface area contributed by atoms with Gasteiger partial charge < -0.3 is 11.1 Å². The Balaban J connectivity index is 1.58. The maximum atomic E-state index is 12.8. The molecule has 0 bridgehead atoms. The van der Waals surface area contributed by atoms with Gasteiger partial charge in [0.25, 0.3) is 5.91 Å². The molecule has 2 aliphatic rings. The third-order valence-electron chi connectivity index (χ3n) is 5.17. The number of fused-ring (bicyclic) bond motifs is 1. The van der Waals surface area contributed by atoms with E-state index in [9.17, 15) is 9.59 Å². The minimum atomic E-state index is -0.655. The topological polar surface area (TPSA) is 87.8 Å². The number of rotatable bonds is 4. The molecular weight excluding hydrogens is 340 g/mol. The van der Waals surface area contributed by atoms with Gasteiger partial charge >= 0.3 is 0 Å². The minimum absolute atomic E-state index is 0.199. The molecule has 0 radical (unpaired) electrons. The lowest BCUT2D eigenvalue weighted by Gasteiger charge is -2.20. The van der Waals surface area contributed by atoms with Gasteiger partial charge in [0.05, 0.1) is 5.69 Å². The Morgan fingerprint density at radius 1 is 1.04 bits per heavy atom. The predicted molar refractivity (Wildman–Crippen MR) is 106 cm³/mol. The van der Waals surface area contributed by atoms with Crippen molar-refractivity contribution in [2.75, 3.05) is 10.3 Å². The van der Waals surface area contributed by atoms with Crippen molar-refractivity contribution in [2.24, 2.45) is 10.8 Å². The van der Waals surface area contributed by atoms with E-state index < -0.39 is 11.9 Å². The van der Waals surface area contributed by atoms with Gasteiger partial charge in [-0.15, -0.1) is 0 Å². The number of carbonyl (C=O) groups is 2. The molecule has 0 saturated carbocycles. The third kappa shape index (κ3) is 3.43. The van der Waals surface area contributed by atoms with Gasteiger partial charge in [-0.3, -0.25) is 14.6 Å². The Kier molecular flexibility index (Phi) is 4.62. The fourth-order valence-electron chi connectivity index (χ4n) is 3.78. The Hall–Kier alpha value is -3.15. The lowest BCUT2D eigenvalue weighted by atomic mass is 9.90. The summed E-state index contributed by atoms with van der Waals surface area (Å²) in [5.74, 6) is -0.777. The zero-order valence-electron chi connectivity index (χ0n) is 15.0. The van der Waals surface area contributed by atoms with Crippen LogP contribution in [0.4, 0.5) is 11.4 Å². The average molecular weight is 362 g/mol. The lowest BCUT2D eigenvalue weighted by molar-refractivity contribution is -0.119. The van der Waals surface area contributed by atoms with Gasteiger partial charge in [0.2, 0.25) is 5.91 Å². The molecule has 1 aliphatic heterocycles. The molecule has 0 fully saturated rings. The second-order valence-electron chi connectivity index (χ2n) is 6.95. The van der Waals surface area contributed by atoms with Crippen molar-refractivity contribution in [1.29, 1.82) is 0 Å². The van der Waals surface area contributed by atoms with Crippen LogP contribution in [0.3, 0.4) is 0 Å². The van der Waals surface area contributed by atoms with Crippen molar-refractivity contribution in [3.63, 3.8) is 0 Å². The molecule has 0 saturated heterocycles. The second-order valence-corrected chi connectivity index (χ2v) is 6.95. The molecule has 1 atom stereocenters. The molecule has 138 valence electrons. The van der Waals surface area contributed by atoms with Gasteiger partial charge in [0.15, 0.2) is 0 Å². The number of amides is 2. The van der Waals surface area contributed by atoms with Gasteiger partial charge in [0.1, 0.15) is 11.8 Å². The lowest BCUT2D eigenvalue weighted by Crippen LogP contribution is -2.39. The molecule has 1 heterocycles. The monoisotopic (exact) mass is 362 g/mol. The highest BCUT2D eigenvalue weighted by Crippen LogP contribution is 2.29. The third-order valence-corrected chi connectivity index (χ3v) is 5.17. The number of nitrogens with two attached hydrogens (primary N) is 1. The maximum absolute atomic E-state index is 12.8. The first-order valence-corrected chi connectivity index (χ1v) is 9.26. The van der Waals surface area contributed by atoms with E-state index in [4.69, 9.17) is 5.73 Å².